The molecule has 0 unspecified atom stereocenters. The lowest BCUT2D eigenvalue weighted by Crippen LogP contribution is -2.41. The summed E-state index contributed by atoms with van der Waals surface area (Å²) in [5.41, 5.74) is 9.73. The van der Waals surface area contributed by atoms with Crippen LogP contribution in [0.5, 0.6) is 0 Å². The quantitative estimate of drug-likeness (QED) is 0.238. The maximum Gasteiger partial charge on any atom is 0.498 e. The standard InChI is InChI=1S/C19H21N5O.C15H16BrN3O.C10H17BN2O2/c1-13(25)24-8-7-15-9-20-19(18(15)12-24)22-17-5-3-14(4-6-17)16-10-21-23(2)11-16;1-10(20)19-7-6-11-8-17-15(14(11)9-19)18-13-4-2-12(16)3-5-13;1-9(2)10(3,4)15-11(14-9)8-6-12-13(5)7-8/h3-6,10-11H,7-9,12H2,1-2H3,(H,20,22);2-5H,6-9H2,1H3,(H,17,18);6-7H,1-5H3. The Bertz CT molecular complexity index is 2340. The summed E-state index contributed by atoms with van der Waals surface area (Å²) in [6, 6.07) is 16.3. The Balaban J connectivity index is 0.000000141. The van der Waals surface area contributed by atoms with Gasteiger partial charge in [-0.1, -0.05) is 28.1 Å². The van der Waals surface area contributed by atoms with Crippen LogP contribution in [0.3, 0.4) is 0 Å². The topological polar surface area (TPSA) is 144 Å². The molecule has 5 aliphatic heterocycles. The zero-order valence-corrected chi connectivity index (χ0v) is 37.3. The Morgan fingerprint density at radius 1 is 0.683 bits per heavy atom. The van der Waals surface area contributed by atoms with Gasteiger partial charge in [-0.05, 0) is 93.6 Å². The maximum absolute atomic E-state index is 11.7. The van der Waals surface area contributed by atoms with E-state index >= 15 is 0 Å². The number of hydrogen-bond donors (Lipinski definition) is 2. The first-order valence-electron chi connectivity index (χ1n) is 20.3. The van der Waals surface area contributed by atoms with E-state index in [2.05, 4.69) is 71.0 Å². The van der Waals surface area contributed by atoms with E-state index in [4.69, 9.17) is 9.31 Å². The molecule has 2 aromatic heterocycles. The molecule has 4 aromatic rings. The summed E-state index contributed by atoms with van der Waals surface area (Å²) in [4.78, 5) is 36.2. The lowest BCUT2D eigenvalue weighted by atomic mass is 9.82. The molecule has 0 bridgehead atoms. The number of amidine groups is 2. The fourth-order valence-electron chi connectivity index (χ4n) is 7.41. The normalized spacial score (nSPS) is 18.8. The van der Waals surface area contributed by atoms with Gasteiger partial charge in [0.25, 0.3) is 0 Å². The van der Waals surface area contributed by atoms with E-state index in [9.17, 15) is 9.59 Å². The van der Waals surface area contributed by atoms with E-state index in [0.717, 1.165) is 83.1 Å². The van der Waals surface area contributed by atoms with Gasteiger partial charge in [0.15, 0.2) is 0 Å². The Morgan fingerprint density at radius 2 is 1.15 bits per heavy atom. The maximum atomic E-state index is 11.7. The molecular formula is C44H54BBrN10O4. The Morgan fingerprint density at radius 3 is 1.58 bits per heavy atom. The molecule has 5 aliphatic rings. The predicted octanol–water partition coefficient (Wildman–Crippen LogP) is 6.00. The molecule has 0 saturated carbocycles. The monoisotopic (exact) mass is 876 g/mol. The van der Waals surface area contributed by atoms with Gasteiger partial charge in [0.2, 0.25) is 11.8 Å². The molecule has 16 heteroatoms. The van der Waals surface area contributed by atoms with Crippen molar-refractivity contribution in [1.82, 2.24) is 29.4 Å². The van der Waals surface area contributed by atoms with Gasteiger partial charge >= 0.3 is 7.12 Å². The Kier molecular flexibility index (Phi) is 12.6. The molecule has 14 nitrogen and oxygen atoms in total. The van der Waals surface area contributed by atoms with Crippen LogP contribution in [0.2, 0.25) is 0 Å². The van der Waals surface area contributed by atoms with Gasteiger partial charge in [-0.25, -0.2) is 0 Å². The number of nitrogens with zero attached hydrogens (tertiary/aromatic N) is 8. The molecule has 9 rings (SSSR count). The highest BCUT2D eigenvalue weighted by molar-refractivity contribution is 9.10. The van der Waals surface area contributed by atoms with Gasteiger partial charge < -0.3 is 29.7 Å². The number of carbonyl (C=O) groups is 2. The van der Waals surface area contributed by atoms with Crippen molar-refractivity contribution in [3.05, 3.63) is 100 Å². The highest BCUT2D eigenvalue weighted by Crippen LogP contribution is 2.36. The number of benzene rings is 2. The molecular weight excluding hydrogens is 823 g/mol. The minimum atomic E-state index is -0.302. The van der Waals surface area contributed by atoms with Crippen LogP contribution in [0.25, 0.3) is 11.1 Å². The first-order valence-corrected chi connectivity index (χ1v) is 21.1. The number of hydrogen-bond acceptors (Lipinski definition) is 10. The van der Waals surface area contributed by atoms with Gasteiger partial charge in [-0.2, -0.15) is 10.2 Å². The van der Waals surface area contributed by atoms with Crippen LogP contribution in [0, 0.1) is 0 Å². The third-order valence-corrected chi connectivity index (χ3v) is 12.3. The van der Waals surface area contributed by atoms with Gasteiger partial charge in [-0.3, -0.25) is 28.9 Å². The third kappa shape index (κ3) is 9.83. The van der Waals surface area contributed by atoms with Crippen LogP contribution in [0.1, 0.15) is 54.4 Å². The molecule has 60 heavy (non-hydrogen) atoms. The molecule has 1 saturated heterocycles. The average molecular weight is 878 g/mol. The molecule has 0 aliphatic carbocycles. The third-order valence-electron chi connectivity index (χ3n) is 11.8. The minimum absolute atomic E-state index is 0.124. The molecule has 7 heterocycles. The highest BCUT2D eigenvalue weighted by Gasteiger charge is 2.52. The Labute approximate surface area is 361 Å². The van der Waals surface area contributed by atoms with E-state index in [1.807, 2.05) is 94.4 Å². The van der Waals surface area contributed by atoms with Gasteiger partial charge in [0.1, 0.15) is 11.7 Å². The lowest BCUT2D eigenvalue weighted by molar-refractivity contribution is -0.129. The number of halogens is 1. The summed E-state index contributed by atoms with van der Waals surface area (Å²) < 4.78 is 16.4. The van der Waals surface area contributed by atoms with Crippen LogP contribution in [0.15, 0.2) is 110 Å². The first kappa shape index (κ1) is 42.8. The van der Waals surface area contributed by atoms with E-state index in [0.29, 0.717) is 13.1 Å². The van der Waals surface area contributed by atoms with Gasteiger partial charge in [-0.15, -0.1) is 0 Å². The fraction of sp³-hybridized carbons (Fsp3) is 0.409. The highest BCUT2D eigenvalue weighted by atomic mass is 79.9. The number of aromatic nitrogens is 4. The minimum Gasteiger partial charge on any atom is -0.399 e. The first-order chi connectivity index (χ1) is 28.5. The molecule has 1 fully saturated rings. The molecule has 314 valence electrons. The number of carbonyl (C=O) groups excluding carboxylic acids is 2. The summed E-state index contributed by atoms with van der Waals surface area (Å²) in [6.45, 7) is 15.9. The largest absolute Gasteiger partial charge is 0.498 e. The molecule has 2 N–H and O–H groups in total. The second kappa shape index (κ2) is 17.7. The van der Waals surface area contributed by atoms with Crippen molar-refractivity contribution in [3.63, 3.8) is 0 Å². The van der Waals surface area contributed by atoms with Crippen molar-refractivity contribution in [2.45, 2.75) is 65.6 Å². The molecule has 2 aromatic carbocycles. The number of aliphatic imine (C=N–C) groups is 2. The van der Waals surface area contributed by atoms with Crippen molar-refractivity contribution in [2.24, 2.45) is 24.1 Å². The number of anilines is 2. The zero-order valence-electron chi connectivity index (χ0n) is 35.8. The predicted molar refractivity (Wildman–Crippen MR) is 241 cm³/mol. The second-order valence-electron chi connectivity index (χ2n) is 16.6. The van der Waals surface area contributed by atoms with Crippen LogP contribution in [0.4, 0.5) is 11.4 Å². The van der Waals surface area contributed by atoms with Crippen molar-refractivity contribution >= 4 is 63.4 Å². The number of rotatable bonds is 4. The summed E-state index contributed by atoms with van der Waals surface area (Å²) in [7, 11) is 3.50. The van der Waals surface area contributed by atoms with Crippen LogP contribution in [-0.4, -0.2) is 110 Å². The van der Waals surface area contributed by atoms with Crippen molar-refractivity contribution in [1.29, 1.82) is 0 Å². The van der Waals surface area contributed by atoms with Gasteiger partial charge in [0.05, 0.1) is 30.5 Å². The van der Waals surface area contributed by atoms with Gasteiger partial charge in [0, 0.05) is 111 Å². The van der Waals surface area contributed by atoms with E-state index < -0.39 is 0 Å². The second-order valence-corrected chi connectivity index (χ2v) is 17.6. The lowest BCUT2D eigenvalue weighted by Gasteiger charge is -2.32. The van der Waals surface area contributed by atoms with Crippen molar-refractivity contribution in [3.8, 4) is 11.1 Å². The Hall–Kier alpha value is -5.32. The summed E-state index contributed by atoms with van der Waals surface area (Å²) in [5.74, 6) is 2.06. The zero-order chi connectivity index (χ0) is 42.8. The van der Waals surface area contributed by atoms with Crippen LogP contribution in [-0.2, 0) is 33.0 Å². The summed E-state index contributed by atoms with van der Waals surface area (Å²) >= 11 is 3.43. The molecule has 0 atom stereocenters. The van der Waals surface area contributed by atoms with Crippen molar-refractivity contribution < 1.29 is 18.9 Å². The fourth-order valence-corrected chi connectivity index (χ4v) is 7.67. The van der Waals surface area contributed by atoms with E-state index in [1.165, 1.54) is 22.3 Å². The SMILES string of the molecule is CC(=O)N1CCC2=C(C1)C(Nc1ccc(-c3cnn(C)c3)cc1)=NC2.CC(=O)N1CCC2=C(C1)C(Nc1ccc(Br)cc1)=NC2.Cn1cc(B2OC(C)(C)C(C)(C)O2)cn1. The number of amides is 2. The van der Waals surface area contributed by atoms with Crippen molar-refractivity contribution in [2.75, 3.05) is 49.9 Å². The summed E-state index contributed by atoms with van der Waals surface area (Å²) in [5, 5.41) is 15.1. The molecule has 0 spiro atoms. The number of nitrogens with one attached hydrogen (secondary N) is 2. The molecule has 0 radical (unpaired) electrons. The summed E-state index contributed by atoms with van der Waals surface area (Å²) in [6.07, 6.45) is 9.41. The average Bonchev–Trinajstić information content (AvgIpc) is 4.06. The molecule has 2 amide bonds. The van der Waals surface area contributed by atoms with Crippen LogP contribution >= 0.6 is 15.9 Å². The van der Waals surface area contributed by atoms with Crippen LogP contribution < -0.4 is 16.1 Å². The van der Waals surface area contributed by atoms with E-state index in [-0.39, 0.29) is 30.1 Å². The smallest absolute Gasteiger partial charge is 0.399 e. The number of aryl methyl sites for hydroxylation is 2. The van der Waals surface area contributed by atoms with E-state index in [1.54, 1.807) is 29.4 Å².